The molecule has 0 saturated carbocycles. The summed E-state index contributed by atoms with van der Waals surface area (Å²) >= 11 is 0. The van der Waals surface area contributed by atoms with Crippen LogP contribution in [-0.2, 0) is 14.9 Å². The first-order chi connectivity index (χ1) is 10.6. The lowest BCUT2D eigenvalue weighted by atomic mass is 9.65. The molecule has 1 aliphatic heterocycles. The number of ketones is 2. The highest BCUT2D eigenvalue weighted by Crippen LogP contribution is 2.41. The molecule has 0 N–H and O–H groups in total. The van der Waals surface area contributed by atoms with E-state index in [4.69, 9.17) is 4.74 Å². The number of fused-ring (bicyclic) bond motifs is 1. The van der Waals surface area contributed by atoms with E-state index in [1.165, 1.54) is 0 Å². The molecule has 0 spiro atoms. The van der Waals surface area contributed by atoms with E-state index in [0.717, 1.165) is 12.0 Å². The highest BCUT2D eigenvalue weighted by Gasteiger charge is 2.51. The summed E-state index contributed by atoms with van der Waals surface area (Å²) in [6, 6.07) is 7.42. The second kappa shape index (κ2) is 5.67. The first kappa shape index (κ1) is 14.9. The van der Waals surface area contributed by atoms with Crippen LogP contribution in [0.3, 0.4) is 0 Å². The fourth-order valence-corrected chi connectivity index (χ4v) is 3.35. The number of aliphatic imine (C=N–C) groups is 1. The van der Waals surface area contributed by atoms with Gasteiger partial charge in [-0.3, -0.25) is 14.6 Å². The first-order valence-electron chi connectivity index (χ1n) is 7.89. The van der Waals surface area contributed by atoms with E-state index in [1.54, 1.807) is 0 Å². The van der Waals surface area contributed by atoms with Crippen LogP contribution in [0, 0.1) is 5.92 Å². The highest BCUT2D eigenvalue weighted by atomic mass is 16.5. The average Bonchev–Trinajstić information content (AvgIpc) is 3.02. The van der Waals surface area contributed by atoms with Crippen LogP contribution >= 0.6 is 0 Å². The average molecular weight is 299 g/mol. The molecule has 4 heteroatoms. The van der Waals surface area contributed by atoms with Gasteiger partial charge >= 0.3 is 0 Å². The fourth-order valence-electron chi connectivity index (χ4n) is 3.35. The summed E-state index contributed by atoms with van der Waals surface area (Å²) in [7, 11) is 0. The summed E-state index contributed by atoms with van der Waals surface area (Å²) < 4.78 is 5.71. The summed E-state index contributed by atoms with van der Waals surface area (Å²) in [6.07, 6.45) is 1.47. The molecular formula is C18H21NO3. The number of hydrogen-bond acceptors (Lipinski definition) is 4. The number of hydrogen-bond donors (Lipinski definition) is 0. The summed E-state index contributed by atoms with van der Waals surface area (Å²) in [4.78, 5) is 29.6. The van der Waals surface area contributed by atoms with Gasteiger partial charge in [-0.2, -0.15) is 0 Å². The molecule has 1 unspecified atom stereocenters. The molecule has 3 rings (SSSR count). The Morgan fingerprint density at radius 2 is 2.05 bits per heavy atom. The molecule has 0 fully saturated rings. The molecule has 0 saturated heterocycles. The Labute approximate surface area is 130 Å². The molecule has 0 bridgehead atoms. The SMILES string of the molecule is CC(C)CCC1(C2=NCCO2)C(=O)CC(=O)c2ccccc21. The van der Waals surface area contributed by atoms with Crippen LogP contribution in [0.15, 0.2) is 29.3 Å². The van der Waals surface area contributed by atoms with Crippen LogP contribution in [0.4, 0.5) is 0 Å². The minimum atomic E-state index is -0.870. The molecule has 22 heavy (non-hydrogen) atoms. The Hall–Kier alpha value is -1.97. The molecule has 0 radical (unpaired) electrons. The van der Waals surface area contributed by atoms with E-state index in [1.807, 2.05) is 24.3 Å². The summed E-state index contributed by atoms with van der Waals surface area (Å²) in [5.41, 5.74) is 0.548. The highest BCUT2D eigenvalue weighted by molar-refractivity contribution is 6.24. The van der Waals surface area contributed by atoms with E-state index in [9.17, 15) is 9.59 Å². The second-order valence-electron chi connectivity index (χ2n) is 6.44. The van der Waals surface area contributed by atoms with Gasteiger partial charge in [-0.15, -0.1) is 0 Å². The van der Waals surface area contributed by atoms with Gasteiger partial charge in [0.15, 0.2) is 11.6 Å². The quantitative estimate of drug-likeness (QED) is 0.803. The maximum absolute atomic E-state index is 12.9. The van der Waals surface area contributed by atoms with Crippen molar-refractivity contribution in [3.8, 4) is 0 Å². The number of carbonyl (C=O) groups excluding carboxylic acids is 2. The van der Waals surface area contributed by atoms with Crippen molar-refractivity contribution < 1.29 is 14.3 Å². The number of carbonyl (C=O) groups is 2. The van der Waals surface area contributed by atoms with Gasteiger partial charge in [0.05, 0.1) is 13.0 Å². The Bertz CT molecular complexity index is 647. The van der Waals surface area contributed by atoms with Gasteiger partial charge in [-0.05, 0) is 24.3 Å². The first-order valence-corrected chi connectivity index (χ1v) is 7.89. The Morgan fingerprint density at radius 1 is 1.27 bits per heavy atom. The smallest absolute Gasteiger partial charge is 0.202 e. The van der Waals surface area contributed by atoms with E-state index in [2.05, 4.69) is 18.8 Å². The lowest BCUT2D eigenvalue weighted by Crippen LogP contribution is -2.49. The Kier molecular flexibility index (Phi) is 3.85. The van der Waals surface area contributed by atoms with Crippen LogP contribution in [0.1, 0.15) is 49.0 Å². The van der Waals surface area contributed by atoms with E-state index in [-0.39, 0.29) is 18.0 Å². The van der Waals surface area contributed by atoms with Gasteiger partial charge < -0.3 is 4.74 Å². The van der Waals surface area contributed by atoms with Crippen LogP contribution in [0.5, 0.6) is 0 Å². The zero-order valence-electron chi connectivity index (χ0n) is 13.1. The van der Waals surface area contributed by atoms with Crippen LogP contribution < -0.4 is 0 Å². The van der Waals surface area contributed by atoms with Gasteiger partial charge in [0.25, 0.3) is 0 Å². The standard InChI is InChI=1S/C18H21NO3/c1-12(2)7-8-18(17-19-9-10-22-17)14-6-4-3-5-13(14)15(20)11-16(18)21/h3-6,12H,7-11H2,1-2H3. The Balaban J connectivity index is 2.16. The Morgan fingerprint density at radius 3 is 2.73 bits per heavy atom. The number of nitrogens with zero attached hydrogens (tertiary/aromatic N) is 1. The van der Waals surface area contributed by atoms with Crippen molar-refractivity contribution in [2.75, 3.05) is 13.2 Å². The number of Topliss-reactive ketones (excluding diaryl/α,β-unsaturated/α-hetero) is 2. The zero-order chi connectivity index (χ0) is 15.7. The van der Waals surface area contributed by atoms with Crippen molar-refractivity contribution in [2.24, 2.45) is 10.9 Å². The molecule has 1 heterocycles. The lowest BCUT2D eigenvalue weighted by molar-refractivity contribution is -0.122. The topological polar surface area (TPSA) is 55.7 Å². The number of ether oxygens (including phenoxy) is 1. The molecule has 0 amide bonds. The monoisotopic (exact) mass is 299 g/mol. The van der Waals surface area contributed by atoms with Gasteiger partial charge in [0.2, 0.25) is 5.90 Å². The predicted molar refractivity (Wildman–Crippen MR) is 84.4 cm³/mol. The van der Waals surface area contributed by atoms with Gasteiger partial charge in [0, 0.05) is 5.56 Å². The maximum atomic E-state index is 12.9. The lowest BCUT2D eigenvalue weighted by Gasteiger charge is -2.36. The van der Waals surface area contributed by atoms with Crippen molar-refractivity contribution >= 4 is 17.5 Å². The zero-order valence-corrected chi connectivity index (χ0v) is 13.1. The fraction of sp³-hybridized carbons (Fsp3) is 0.500. The molecule has 2 aliphatic rings. The predicted octanol–water partition coefficient (Wildman–Crippen LogP) is 2.94. The van der Waals surface area contributed by atoms with E-state index in [0.29, 0.717) is 37.0 Å². The molecule has 1 aromatic carbocycles. The normalized spacial score (nSPS) is 24.2. The van der Waals surface area contributed by atoms with E-state index >= 15 is 0 Å². The number of rotatable bonds is 4. The van der Waals surface area contributed by atoms with Gasteiger partial charge in [-0.1, -0.05) is 38.1 Å². The van der Waals surface area contributed by atoms with Crippen molar-refractivity contribution in [3.63, 3.8) is 0 Å². The molecular weight excluding hydrogens is 278 g/mol. The molecule has 1 atom stereocenters. The molecule has 0 aromatic heterocycles. The van der Waals surface area contributed by atoms with Crippen LogP contribution in [0.2, 0.25) is 0 Å². The van der Waals surface area contributed by atoms with Crippen molar-refractivity contribution in [3.05, 3.63) is 35.4 Å². The van der Waals surface area contributed by atoms with Crippen LogP contribution in [-0.4, -0.2) is 30.6 Å². The summed E-state index contributed by atoms with van der Waals surface area (Å²) in [5, 5.41) is 0. The van der Waals surface area contributed by atoms with Crippen molar-refractivity contribution in [1.29, 1.82) is 0 Å². The number of benzene rings is 1. The summed E-state index contributed by atoms with van der Waals surface area (Å²) in [6.45, 7) is 5.37. The van der Waals surface area contributed by atoms with Gasteiger partial charge in [-0.25, -0.2) is 0 Å². The largest absolute Gasteiger partial charge is 0.478 e. The molecule has 116 valence electrons. The minimum absolute atomic E-state index is 0.0580. The van der Waals surface area contributed by atoms with E-state index < -0.39 is 5.41 Å². The van der Waals surface area contributed by atoms with Crippen molar-refractivity contribution in [2.45, 2.75) is 38.5 Å². The van der Waals surface area contributed by atoms with Crippen LogP contribution in [0.25, 0.3) is 0 Å². The molecule has 4 nitrogen and oxygen atoms in total. The summed E-state index contributed by atoms with van der Waals surface area (Å²) in [5.74, 6) is 0.812. The third-order valence-electron chi connectivity index (χ3n) is 4.53. The third-order valence-corrected chi connectivity index (χ3v) is 4.53. The molecule has 1 aliphatic carbocycles. The van der Waals surface area contributed by atoms with Gasteiger partial charge in [0.1, 0.15) is 12.0 Å². The van der Waals surface area contributed by atoms with Crippen molar-refractivity contribution in [1.82, 2.24) is 0 Å². The maximum Gasteiger partial charge on any atom is 0.202 e. The molecule has 1 aromatic rings. The third kappa shape index (κ3) is 2.27. The second-order valence-corrected chi connectivity index (χ2v) is 6.44. The minimum Gasteiger partial charge on any atom is -0.478 e.